The summed E-state index contributed by atoms with van der Waals surface area (Å²) >= 11 is 3.43. The first-order valence-electron chi connectivity index (χ1n) is 7.64. The average Bonchev–Trinajstić information content (AvgIpc) is 2.53. The Bertz CT molecular complexity index is 925. The normalized spacial score (nSPS) is 16.3. The molecule has 0 radical (unpaired) electrons. The zero-order chi connectivity index (χ0) is 17.3. The van der Waals surface area contributed by atoms with E-state index < -0.39 is 5.92 Å². The van der Waals surface area contributed by atoms with Crippen LogP contribution in [0.4, 0.5) is 0 Å². The van der Waals surface area contributed by atoms with Crippen molar-refractivity contribution >= 4 is 15.9 Å². The lowest BCUT2D eigenvalue weighted by atomic mass is 9.84. The summed E-state index contributed by atoms with van der Waals surface area (Å²) in [5.74, 6) is -0.0811. The van der Waals surface area contributed by atoms with Gasteiger partial charge in [-0.25, -0.2) is 0 Å². The zero-order valence-electron chi connectivity index (χ0n) is 13.1. The quantitative estimate of drug-likeness (QED) is 0.847. The molecule has 0 aliphatic carbocycles. The average molecular weight is 386 g/mol. The van der Waals surface area contributed by atoms with Gasteiger partial charge in [-0.1, -0.05) is 41.4 Å². The van der Waals surface area contributed by atoms with Crippen LogP contribution in [0.25, 0.3) is 0 Å². The number of hydrogen-bond donors (Lipinski definition) is 2. The fourth-order valence-corrected chi connectivity index (χ4v) is 3.38. The molecule has 0 saturated carbocycles. The van der Waals surface area contributed by atoms with Crippen molar-refractivity contribution in [3.05, 3.63) is 73.4 Å². The first-order chi connectivity index (χ1) is 11.5. The maximum absolute atomic E-state index is 12.7. The van der Waals surface area contributed by atoms with E-state index in [0.29, 0.717) is 11.3 Å². The predicted octanol–water partition coefficient (Wildman–Crippen LogP) is 3.31. The second-order valence-corrected chi connectivity index (χ2v) is 6.55. The number of nitrogens with zero attached hydrogens (tertiary/aromatic N) is 1. The van der Waals surface area contributed by atoms with Gasteiger partial charge in [0.15, 0.2) is 0 Å². The van der Waals surface area contributed by atoms with Crippen molar-refractivity contribution in [2.45, 2.75) is 25.7 Å². The highest BCUT2D eigenvalue weighted by atomic mass is 79.9. The van der Waals surface area contributed by atoms with Crippen LogP contribution in [0.3, 0.4) is 0 Å². The van der Waals surface area contributed by atoms with E-state index in [0.717, 1.165) is 28.6 Å². The molecular formula is C18H16BrN3O2. The van der Waals surface area contributed by atoms with E-state index in [4.69, 9.17) is 10.5 Å². The summed E-state index contributed by atoms with van der Waals surface area (Å²) in [5, 5.41) is 9.53. The third-order valence-electron chi connectivity index (χ3n) is 3.97. The maximum Gasteiger partial charge on any atom is 0.256 e. The minimum atomic E-state index is -0.546. The molecule has 6 heteroatoms. The monoisotopic (exact) mass is 385 g/mol. The fraction of sp³-hybridized carbons (Fsp3) is 0.222. The molecule has 3 N–H and O–H groups in total. The van der Waals surface area contributed by atoms with Crippen LogP contribution < -0.4 is 16.0 Å². The lowest BCUT2D eigenvalue weighted by Crippen LogP contribution is -2.28. The van der Waals surface area contributed by atoms with E-state index in [1.54, 1.807) is 6.07 Å². The van der Waals surface area contributed by atoms with Gasteiger partial charge in [-0.3, -0.25) is 4.79 Å². The summed E-state index contributed by atoms with van der Waals surface area (Å²) in [4.78, 5) is 15.6. The molecular weight excluding hydrogens is 370 g/mol. The van der Waals surface area contributed by atoms with Gasteiger partial charge in [-0.2, -0.15) is 5.26 Å². The molecule has 2 aromatic rings. The van der Waals surface area contributed by atoms with Gasteiger partial charge in [0.2, 0.25) is 5.88 Å². The summed E-state index contributed by atoms with van der Waals surface area (Å²) < 4.78 is 6.45. The van der Waals surface area contributed by atoms with Crippen molar-refractivity contribution in [2.24, 2.45) is 5.73 Å². The minimum Gasteiger partial charge on any atom is -0.440 e. The third kappa shape index (κ3) is 2.83. The van der Waals surface area contributed by atoms with E-state index in [-0.39, 0.29) is 17.0 Å². The van der Waals surface area contributed by atoms with E-state index in [2.05, 4.69) is 27.0 Å². The minimum absolute atomic E-state index is 0.0445. The molecule has 0 fully saturated rings. The molecule has 1 atom stereocenters. The van der Waals surface area contributed by atoms with Gasteiger partial charge in [0.25, 0.3) is 5.56 Å². The van der Waals surface area contributed by atoms with E-state index in [1.807, 2.05) is 31.2 Å². The number of aromatic amines is 1. The highest BCUT2D eigenvalue weighted by Gasteiger charge is 2.33. The number of rotatable bonds is 3. The summed E-state index contributed by atoms with van der Waals surface area (Å²) in [6.07, 6.45) is 1.64. The molecule has 1 aliphatic rings. The van der Waals surface area contributed by atoms with E-state index >= 15 is 0 Å². The number of hydrogen-bond acceptors (Lipinski definition) is 4. The van der Waals surface area contributed by atoms with Crippen LogP contribution in [0.5, 0.6) is 5.75 Å². The highest BCUT2D eigenvalue weighted by molar-refractivity contribution is 9.10. The number of nitrogens with two attached hydrogens (primary N) is 1. The number of H-pyrrole nitrogens is 1. The van der Waals surface area contributed by atoms with Crippen LogP contribution >= 0.6 is 15.9 Å². The number of benzene rings is 1. The highest BCUT2D eigenvalue weighted by Crippen LogP contribution is 2.40. The van der Waals surface area contributed by atoms with Crippen molar-refractivity contribution in [1.29, 1.82) is 5.26 Å². The Kier molecular flexibility index (Phi) is 4.45. The second-order valence-electron chi connectivity index (χ2n) is 5.63. The Morgan fingerprint density at radius 2 is 2.21 bits per heavy atom. The lowest BCUT2D eigenvalue weighted by Gasteiger charge is -2.26. The molecule has 1 aromatic carbocycles. The topological polar surface area (TPSA) is 91.9 Å². The molecule has 0 bridgehead atoms. The second kappa shape index (κ2) is 6.54. The van der Waals surface area contributed by atoms with Crippen molar-refractivity contribution < 1.29 is 4.74 Å². The summed E-state index contributed by atoms with van der Waals surface area (Å²) in [6.45, 7) is 2.03. The van der Waals surface area contributed by atoms with Gasteiger partial charge in [0, 0.05) is 16.2 Å². The summed E-state index contributed by atoms with van der Waals surface area (Å²) in [6, 6.07) is 11.4. The van der Waals surface area contributed by atoms with Crippen molar-refractivity contribution in [1.82, 2.24) is 4.98 Å². The summed E-state index contributed by atoms with van der Waals surface area (Å²) in [5.41, 5.74) is 7.97. The first kappa shape index (κ1) is 16.3. The zero-order valence-corrected chi connectivity index (χ0v) is 14.7. The van der Waals surface area contributed by atoms with E-state index in [1.165, 1.54) is 0 Å². The smallest absolute Gasteiger partial charge is 0.256 e. The van der Waals surface area contributed by atoms with Gasteiger partial charge in [-0.05, 0) is 24.1 Å². The molecule has 0 saturated heterocycles. The van der Waals surface area contributed by atoms with Gasteiger partial charge in [-0.15, -0.1) is 0 Å². The molecule has 1 unspecified atom stereocenters. The molecule has 122 valence electrons. The van der Waals surface area contributed by atoms with Crippen LogP contribution in [-0.2, 0) is 6.42 Å². The van der Waals surface area contributed by atoms with Crippen LogP contribution in [0, 0.1) is 11.3 Å². The largest absolute Gasteiger partial charge is 0.440 e. The van der Waals surface area contributed by atoms with Crippen LogP contribution in [-0.4, -0.2) is 4.98 Å². The van der Waals surface area contributed by atoms with E-state index in [9.17, 15) is 10.1 Å². The van der Waals surface area contributed by atoms with Crippen molar-refractivity contribution in [3.8, 4) is 11.8 Å². The maximum atomic E-state index is 12.7. The molecule has 2 heterocycles. The number of aryl methyl sites for hydroxylation is 1. The Morgan fingerprint density at radius 3 is 2.88 bits per heavy atom. The van der Waals surface area contributed by atoms with Gasteiger partial charge < -0.3 is 15.5 Å². The van der Waals surface area contributed by atoms with Crippen molar-refractivity contribution in [3.63, 3.8) is 0 Å². The Balaban J connectivity index is 2.25. The number of aromatic nitrogens is 1. The predicted molar refractivity (Wildman–Crippen MR) is 94.5 cm³/mol. The molecule has 5 nitrogen and oxygen atoms in total. The third-order valence-corrected chi connectivity index (χ3v) is 4.47. The van der Waals surface area contributed by atoms with Gasteiger partial charge in [0.1, 0.15) is 17.4 Å². The summed E-state index contributed by atoms with van der Waals surface area (Å²) in [7, 11) is 0. The number of pyridine rings is 1. The number of allylic oxidation sites excluding steroid dienone is 1. The number of halogens is 1. The van der Waals surface area contributed by atoms with Crippen LogP contribution in [0.2, 0.25) is 0 Å². The number of nitrogens with one attached hydrogen (secondary N) is 1. The molecule has 0 amide bonds. The molecule has 24 heavy (non-hydrogen) atoms. The fourth-order valence-electron chi connectivity index (χ4n) is 2.96. The Morgan fingerprint density at radius 1 is 1.42 bits per heavy atom. The number of ether oxygens (including phenoxy) is 1. The molecule has 0 spiro atoms. The Labute approximate surface area is 147 Å². The van der Waals surface area contributed by atoms with Crippen LogP contribution in [0.1, 0.15) is 36.1 Å². The lowest BCUT2D eigenvalue weighted by molar-refractivity contribution is 0.391. The molecule has 3 rings (SSSR count). The standard InChI is InChI=1S/C18H16BrN3O2/c1-2-4-12-8-14-16(18(23)22-12)15(13(9-20)17(21)24-14)10-5-3-6-11(19)7-10/h3,5-8,15H,2,4,21H2,1H3,(H,22,23). The molecule has 1 aliphatic heterocycles. The van der Waals surface area contributed by atoms with Gasteiger partial charge >= 0.3 is 0 Å². The SMILES string of the molecule is CCCc1cc2c(c(=O)[nH]1)C(c1cccc(Br)c1)C(C#N)=C(N)O2. The Hall–Kier alpha value is -2.52. The number of fused-ring (bicyclic) bond motifs is 1. The van der Waals surface area contributed by atoms with Gasteiger partial charge in [0.05, 0.1) is 11.5 Å². The number of nitriles is 1. The van der Waals surface area contributed by atoms with Crippen molar-refractivity contribution in [2.75, 3.05) is 0 Å². The molecule has 1 aromatic heterocycles. The van der Waals surface area contributed by atoms with Crippen LogP contribution in [0.15, 0.2) is 51.1 Å². The first-order valence-corrected chi connectivity index (χ1v) is 8.43.